The van der Waals surface area contributed by atoms with Gasteiger partial charge in [0.15, 0.2) is 6.61 Å². The fraction of sp³-hybridized carbons (Fsp3) is 0.310. The average molecular weight is 493 g/mol. The summed E-state index contributed by atoms with van der Waals surface area (Å²) >= 11 is 6.21. The predicted molar refractivity (Wildman–Crippen MR) is 140 cm³/mol. The zero-order valence-corrected chi connectivity index (χ0v) is 20.9. The smallest absolute Gasteiger partial charge is 0.261 e. The summed E-state index contributed by atoms with van der Waals surface area (Å²) in [6.07, 6.45) is 3.43. The third kappa shape index (κ3) is 8.45. The minimum atomic E-state index is -0.679. The maximum Gasteiger partial charge on any atom is 0.261 e. The van der Waals surface area contributed by atoms with E-state index in [4.69, 9.17) is 16.3 Å². The number of para-hydroxylation sites is 1. The standard InChI is InChI=1S/C29H33ClN2O3/c1-2-3-12-19-31-29(34)26(20-23-13-6-4-7-14-23)32(21-24-15-8-5-9-16-24)28(33)22-35-27-18-11-10-17-25(27)30/h4-11,13-18,26H,2-3,12,19-22H2,1H3,(H,31,34)/t26-/m1/s1. The molecule has 3 aromatic carbocycles. The number of rotatable bonds is 13. The van der Waals surface area contributed by atoms with E-state index in [-0.39, 0.29) is 18.4 Å². The van der Waals surface area contributed by atoms with Crippen LogP contribution in [-0.4, -0.2) is 35.9 Å². The first kappa shape index (κ1) is 26.3. The number of nitrogens with zero attached hydrogens (tertiary/aromatic N) is 1. The molecule has 35 heavy (non-hydrogen) atoms. The number of benzene rings is 3. The van der Waals surface area contributed by atoms with Crippen LogP contribution < -0.4 is 10.1 Å². The van der Waals surface area contributed by atoms with Gasteiger partial charge in [-0.25, -0.2) is 0 Å². The Kier molecular flexibility index (Phi) is 10.6. The lowest BCUT2D eigenvalue weighted by Crippen LogP contribution is -2.51. The van der Waals surface area contributed by atoms with Gasteiger partial charge in [-0.15, -0.1) is 0 Å². The summed E-state index contributed by atoms with van der Waals surface area (Å²) in [6, 6.07) is 25.8. The highest BCUT2D eigenvalue weighted by Crippen LogP contribution is 2.23. The van der Waals surface area contributed by atoms with Gasteiger partial charge in [0.25, 0.3) is 5.91 Å². The van der Waals surface area contributed by atoms with E-state index in [0.29, 0.717) is 30.3 Å². The first-order chi connectivity index (χ1) is 17.1. The van der Waals surface area contributed by atoms with Gasteiger partial charge < -0.3 is 15.0 Å². The van der Waals surface area contributed by atoms with E-state index in [9.17, 15) is 9.59 Å². The minimum absolute atomic E-state index is 0.160. The molecule has 0 unspecified atom stereocenters. The van der Waals surface area contributed by atoms with Crippen LogP contribution in [0.4, 0.5) is 0 Å². The molecule has 6 heteroatoms. The number of ether oxygens (including phenoxy) is 1. The van der Waals surface area contributed by atoms with Crippen molar-refractivity contribution in [1.29, 1.82) is 0 Å². The Labute approximate surface area is 213 Å². The minimum Gasteiger partial charge on any atom is -0.482 e. The van der Waals surface area contributed by atoms with Crippen molar-refractivity contribution in [2.75, 3.05) is 13.2 Å². The van der Waals surface area contributed by atoms with Crippen LogP contribution in [0.1, 0.15) is 37.3 Å². The van der Waals surface area contributed by atoms with Crippen LogP contribution >= 0.6 is 11.6 Å². The molecule has 0 spiro atoms. The number of halogens is 1. The third-order valence-electron chi connectivity index (χ3n) is 5.73. The lowest BCUT2D eigenvalue weighted by Gasteiger charge is -2.31. The molecule has 5 nitrogen and oxygen atoms in total. The molecule has 0 heterocycles. The second-order valence-corrected chi connectivity index (χ2v) is 8.84. The molecule has 0 aliphatic rings. The lowest BCUT2D eigenvalue weighted by molar-refractivity contribution is -0.142. The van der Waals surface area contributed by atoms with Crippen molar-refractivity contribution in [3.8, 4) is 5.75 Å². The van der Waals surface area contributed by atoms with E-state index in [1.54, 1.807) is 29.2 Å². The summed E-state index contributed by atoms with van der Waals surface area (Å²) in [6.45, 7) is 2.79. The predicted octanol–water partition coefficient (Wildman–Crippen LogP) is 5.67. The second-order valence-electron chi connectivity index (χ2n) is 8.43. The van der Waals surface area contributed by atoms with Gasteiger partial charge in [0.05, 0.1) is 5.02 Å². The van der Waals surface area contributed by atoms with Gasteiger partial charge in [-0.05, 0) is 29.7 Å². The van der Waals surface area contributed by atoms with E-state index >= 15 is 0 Å². The van der Waals surface area contributed by atoms with Crippen molar-refractivity contribution in [2.24, 2.45) is 0 Å². The summed E-state index contributed by atoms with van der Waals surface area (Å²) in [5, 5.41) is 3.48. The maximum atomic E-state index is 13.5. The molecule has 2 amide bonds. The summed E-state index contributed by atoms with van der Waals surface area (Å²) in [5.41, 5.74) is 1.93. The SMILES string of the molecule is CCCCCNC(=O)[C@@H](Cc1ccccc1)N(Cc1ccccc1)C(=O)COc1ccccc1Cl. The number of carbonyl (C=O) groups excluding carboxylic acids is 2. The molecule has 0 aromatic heterocycles. The van der Waals surface area contributed by atoms with Gasteiger partial charge in [-0.1, -0.05) is 104 Å². The van der Waals surface area contributed by atoms with Gasteiger partial charge in [0.1, 0.15) is 11.8 Å². The lowest BCUT2D eigenvalue weighted by atomic mass is 10.0. The van der Waals surface area contributed by atoms with Crippen molar-refractivity contribution >= 4 is 23.4 Å². The molecule has 0 saturated carbocycles. The average Bonchev–Trinajstić information content (AvgIpc) is 2.89. The monoisotopic (exact) mass is 492 g/mol. The Bertz CT molecular complexity index is 1060. The van der Waals surface area contributed by atoms with Crippen LogP contribution in [0.15, 0.2) is 84.9 Å². The second kappa shape index (κ2) is 14.2. The van der Waals surface area contributed by atoms with Crippen LogP contribution in [-0.2, 0) is 22.6 Å². The zero-order valence-electron chi connectivity index (χ0n) is 20.2. The van der Waals surface area contributed by atoms with E-state index in [0.717, 1.165) is 30.4 Å². The molecule has 0 fully saturated rings. The van der Waals surface area contributed by atoms with E-state index < -0.39 is 6.04 Å². The van der Waals surface area contributed by atoms with Crippen molar-refractivity contribution in [3.63, 3.8) is 0 Å². The van der Waals surface area contributed by atoms with E-state index in [1.807, 2.05) is 60.7 Å². The molecule has 1 N–H and O–H groups in total. The number of carbonyl (C=O) groups is 2. The number of unbranched alkanes of at least 4 members (excludes halogenated alkanes) is 2. The number of hydrogen-bond donors (Lipinski definition) is 1. The zero-order chi connectivity index (χ0) is 24.9. The van der Waals surface area contributed by atoms with Gasteiger partial charge in [-0.3, -0.25) is 9.59 Å². The molecule has 3 aromatic rings. The fourth-order valence-corrected chi connectivity index (χ4v) is 4.01. The Hall–Kier alpha value is -3.31. The molecular weight excluding hydrogens is 460 g/mol. The first-order valence-electron chi connectivity index (χ1n) is 12.1. The van der Waals surface area contributed by atoms with Gasteiger partial charge >= 0.3 is 0 Å². The van der Waals surface area contributed by atoms with Crippen LogP contribution in [0.5, 0.6) is 5.75 Å². The highest BCUT2D eigenvalue weighted by molar-refractivity contribution is 6.32. The quantitative estimate of drug-likeness (QED) is 0.313. The van der Waals surface area contributed by atoms with Gasteiger partial charge in [0, 0.05) is 19.5 Å². The number of amides is 2. The molecule has 0 radical (unpaired) electrons. The Morgan fingerprint density at radius 3 is 2.17 bits per heavy atom. The largest absolute Gasteiger partial charge is 0.482 e. The van der Waals surface area contributed by atoms with Crippen LogP contribution in [0.3, 0.4) is 0 Å². The maximum absolute atomic E-state index is 13.5. The van der Waals surface area contributed by atoms with Crippen LogP contribution in [0, 0.1) is 0 Å². The van der Waals surface area contributed by atoms with E-state index in [2.05, 4.69) is 12.2 Å². The molecule has 0 saturated heterocycles. The van der Waals surface area contributed by atoms with Crippen molar-refractivity contribution < 1.29 is 14.3 Å². The third-order valence-corrected chi connectivity index (χ3v) is 6.05. The number of hydrogen-bond acceptors (Lipinski definition) is 3. The van der Waals surface area contributed by atoms with Crippen molar-refractivity contribution in [3.05, 3.63) is 101 Å². The highest BCUT2D eigenvalue weighted by atomic mass is 35.5. The molecule has 184 valence electrons. The van der Waals surface area contributed by atoms with Crippen molar-refractivity contribution in [2.45, 2.75) is 45.2 Å². The summed E-state index contributed by atoms with van der Waals surface area (Å²) < 4.78 is 5.76. The summed E-state index contributed by atoms with van der Waals surface area (Å²) in [7, 11) is 0. The fourth-order valence-electron chi connectivity index (χ4n) is 3.82. The Balaban J connectivity index is 1.85. The summed E-state index contributed by atoms with van der Waals surface area (Å²) in [5.74, 6) is -0.00352. The molecule has 3 rings (SSSR count). The summed E-state index contributed by atoms with van der Waals surface area (Å²) in [4.78, 5) is 28.6. The van der Waals surface area contributed by atoms with Gasteiger partial charge in [0.2, 0.25) is 5.91 Å². The Morgan fingerprint density at radius 2 is 1.51 bits per heavy atom. The normalized spacial score (nSPS) is 11.5. The topological polar surface area (TPSA) is 58.6 Å². The molecule has 0 aliphatic carbocycles. The van der Waals surface area contributed by atoms with Crippen LogP contribution in [0.25, 0.3) is 0 Å². The van der Waals surface area contributed by atoms with E-state index in [1.165, 1.54) is 0 Å². The van der Waals surface area contributed by atoms with Gasteiger partial charge in [-0.2, -0.15) is 0 Å². The molecular formula is C29H33ClN2O3. The Morgan fingerprint density at radius 1 is 0.886 bits per heavy atom. The molecule has 1 atom stereocenters. The molecule has 0 aliphatic heterocycles. The highest BCUT2D eigenvalue weighted by Gasteiger charge is 2.30. The molecule has 0 bridgehead atoms. The van der Waals surface area contributed by atoms with Crippen LogP contribution in [0.2, 0.25) is 5.02 Å². The van der Waals surface area contributed by atoms with Crippen molar-refractivity contribution in [1.82, 2.24) is 10.2 Å². The first-order valence-corrected chi connectivity index (χ1v) is 12.5. The number of nitrogens with one attached hydrogen (secondary N) is 1.